The predicted octanol–water partition coefficient (Wildman–Crippen LogP) is 3.24. The summed E-state index contributed by atoms with van der Waals surface area (Å²) in [7, 11) is -3.90. The van der Waals surface area contributed by atoms with E-state index < -0.39 is 16.6 Å². The van der Waals surface area contributed by atoms with Crippen LogP contribution in [0.5, 0.6) is 5.75 Å². The van der Waals surface area contributed by atoms with E-state index in [1.807, 2.05) is 12.1 Å². The van der Waals surface area contributed by atoms with Crippen molar-refractivity contribution in [2.45, 2.75) is 18.1 Å². The monoisotopic (exact) mass is 388 g/mol. The molecule has 0 atom stereocenters. The highest BCUT2D eigenvalue weighted by Crippen LogP contribution is 2.32. The van der Waals surface area contributed by atoms with E-state index in [-0.39, 0.29) is 22.2 Å². The van der Waals surface area contributed by atoms with Crippen LogP contribution < -0.4 is 14.4 Å². The summed E-state index contributed by atoms with van der Waals surface area (Å²) in [5, 5.41) is 2.97. The standard InChI is InChI=1S/C16H15ClF2N2O3S/c17-13-9-12(5-6-15(13)24-16(18)19)25(22,23)21-8-7-20-10-11-3-1-2-4-14(11)21/h1-6,9,16,20H,7-8,10H2. The van der Waals surface area contributed by atoms with Crippen molar-refractivity contribution in [2.75, 3.05) is 17.4 Å². The molecule has 0 spiro atoms. The lowest BCUT2D eigenvalue weighted by atomic mass is 10.2. The van der Waals surface area contributed by atoms with Gasteiger partial charge in [-0.3, -0.25) is 4.31 Å². The summed E-state index contributed by atoms with van der Waals surface area (Å²) in [5.41, 5.74) is 1.43. The highest BCUT2D eigenvalue weighted by Gasteiger charge is 2.28. The van der Waals surface area contributed by atoms with Gasteiger partial charge < -0.3 is 10.1 Å². The van der Waals surface area contributed by atoms with E-state index in [2.05, 4.69) is 10.1 Å². The second-order valence-electron chi connectivity index (χ2n) is 5.35. The fraction of sp³-hybridized carbons (Fsp3) is 0.250. The van der Waals surface area contributed by atoms with E-state index in [1.54, 1.807) is 12.1 Å². The number of nitrogens with one attached hydrogen (secondary N) is 1. The number of nitrogens with zero attached hydrogens (tertiary/aromatic N) is 1. The number of benzene rings is 2. The minimum Gasteiger partial charge on any atom is -0.433 e. The van der Waals surface area contributed by atoms with Crippen LogP contribution in [-0.2, 0) is 16.6 Å². The summed E-state index contributed by atoms with van der Waals surface area (Å²) in [6.45, 7) is -1.76. The molecule has 2 aromatic rings. The normalized spacial score (nSPS) is 15.0. The van der Waals surface area contributed by atoms with Crippen molar-refractivity contribution in [1.82, 2.24) is 5.32 Å². The molecule has 0 aromatic heterocycles. The summed E-state index contributed by atoms with van der Waals surface area (Å²) < 4.78 is 56.3. The Balaban J connectivity index is 2.01. The van der Waals surface area contributed by atoms with Crippen molar-refractivity contribution in [2.24, 2.45) is 0 Å². The zero-order valence-corrected chi connectivity index (χ0v) is 14.5. The number of hydrogen-bond acceptors (Lipinski definition) is 4. The minimum atomic E-state index is -3.90. The molecule has 1 aliphatic rings. The van der Waals surface area contributed by atoms with Crippen molar-refractivity contribution < 1.29 is 21.9 Å². The minimum absolute atomic E-state index is 0.0872. The van der Waals surface area contributed by atoms with Crippen LogP contribution >= 0.6 is 11.6 Å². The zero-order valence-electron chi connectivity index (χ0n) is 13.0. The van der Waals surface area contributed by atoms with E-state index >= 15 is 0 Å². The molecule has 5 nitrogen and oxygen atoms in total. The summed E-state index contributed by atoms with van der Waals surface area (Å²) in [4.78, 5) is -0.0872. The molecule has 9 heteroatoms. The average molecular weight is 389 g/mol. The Bertz CT molecular complexity index is 877. The maximum atomic E-state index is 13.0. The molecule has 1 heterocycles. The van der Waals surface area contributed by atoms with Crippen LogP contribution in [0.3, 0.4) is 0 Å². The zero-order chi connectivity index (χ0) is 18.0. The second-order valence-corrected chi connectivity index (χ2v) is 7.62. The molecule has 0 fully saturated rings. The van der Waals surface area contributed by atoms with E-state index in [0.717, 1.165) is 17.7 Å². The lowest BCUT2D eigenvalue weighted by Crippen LogP contribution is -2.34. The molecular formula is C16H15ClF2N2O3S. The SMILES string of the molecule is O=S(=O)(c1ccc(OC(F)F)c(Cl)c1)N1CCNCc2ccccc21. The van der Waals surface area contributed by atoms with Crippen molar-refractivity contribution >= 4 is 27.3 Å². The summed E-state index contributed by atoms with van der Waals surface area (Å²) in [6.07, 6.45) is 0. The van der Waals surface area contributed by atoms with Gasteiger partial charge in [0.2, 0.25) is 0 Å². The van der Waals surface area contributed by atoms with Crippen molar-refractivity contribution in [1.29, 1.82) is 0 Å². The average Bonchev–Trinajstić information content (AvgIpc) is 2.79. The molecule has 1 N–H and O–H groups in total. The maximum absolute atomic E-state index is 13.0. The molecule has 0 radical (unpaired) electrons. The maximum Gasteiger partial charge on any atom is 0.387 e. The van der Waals surface area contributed by atoms with Gasteiger partial charge in [0.25, 0.3) is 10.0 Å². The van der Waals surface area contributed by atoms with Crippen LogP contribution in [0.15, 0.2) is 47.4 Å². The fourth-order valence-electron chi connectivity index (χ4n) is 2.64. The number of sulfonamides is 1. The van der Waals surface area contributed by atoms with Crippen molar-refractivity contribution in [3.63, 3.8) is 0 Å². The number of anilines is 1. The van der Waals surface area contributed by atoms with Gasteiger partial charge in [-0.1, -0.05) is 29.8 Å². The van der Waals surface area contributed by atoms with Crippen LogP contribution in [0.1, 0.15) is 5.56 Å². The van der Waals surface area contributed by atoms with E-state index in [1.165, 1.54) is 10.4 Å². The molecule has 0 aliphatic carbocycles. The smallest absolute Gasteiger partial charge is 0.387 e. The first-order chi connectivity index (χ1) is 11.9. The molecule has 0 unspecified atom stereocenters. The summed E-state index contributed by atoms with van der Waals surface area (Å²) >= 11 is 5.90. The molecule has 1 aliphatic heterocycles. The Morgan fingerprint density at radius 2 is 1.96 bits per heavy atom. The predicted molar refractivity (Wildman–Crippen MR) is 90.8 cm³/mol. The van der Waals surface area contributed by atoms with Crippen LogP contribution in [0.25, 0.3) is 0 Å². The second kappa shape index (κ2) is 7.15. The third kappa shape index (κ3) is 3.70. The first-order valence-corrected chi connectivity index (χ1v) is 9.27. The van der Waals surface area contributed by atoms with Gasteiger partial charge in [-0.15, -0.1) is 0 Å². The number of hydrogen-bond donors (Lipinski definition) is 1. The Kier molecular flexibility index (Phi) is 5.12. The summed E-state index contributed by atoms with van der Waals surface area (Å²) in [5.74, 6) is -0.270. The number of para-hydroxylation sites is 1. The molecule has 0 saturated carbocycles. The molecule has 3 rings (SSSR count). The Morgan fingerprint density at radius 3 is 2.68 bits per heavy atom. The van der Waals surface area contributed by atoms with Crippen molar-refractivity contribution in [3.05, 3.63) is 53.1 Å². The molecule has 134 valence electrons. The number of rotatable bonds is 4. The summed E-state index contributed by atoms with van der Waals surface area (Å²) in [6, 6.07) is 10.6. The van der Waals surface area contributed by atoms with Crippen molar-refractivity contribution in [3.8, 4) is 5.75 Å². The van der Waals surface area contributed by atoms with Gasteiger partial charge in [0.1, 0.15) is 5.75 Å². The highest BCUT2D eigenvalue weighted by atomic mass is 35.5. The first kappa shape index (κ1) is 17.9. The number of fused-ring (bicyclic) bond motifs is 1. The third-order valence-electron chi connectivity index (χ3n) is 3.77. The molecular weight excluding hydrogens is 374 g/mol. The topological polar surface area (TPSA) is 58.6 Å². The van der Waals surface area contributed by atoms with Gasteiger partial charge in [0.05, 0.1) is 15.6 Å². The van der Waals surface area contributed by atoms with Gasteiger partial charge in [0.15, 0.2) is 0 Å². The lowest BCUT2D eigenvalue weighted by molar-refractivity contribution is -0.0498. The molecule has 0 bridgehead atoms. The van der Waals surface area contributed by atoms with E-state index in [0.29, 0.717) is 18.8 Å². The van der Waals surface area contributed by atoms with Crippen LogP contribution in [0.2, 0.25) is 5.02 Å². The van der Waals surface area contributed by atoms with Gasteiger partial charge in [-0.2, -0.15) is 8.78 Å². The van der Waals surface area contributed by atoms with Crippen LogP contribution in [0, 0.1) is 0 Å². The van der Waals surface area contributed by atoms with Crippen LogP contribution in [-0.4, -0.2) is 28.1 Å². The van der Waals surface area contributed by atoms with Gasteiger partial charge in [-0.25, -0.2) is 8.42 Å². The molecule has 25 heavy (non-hydrogen) atoms. The fourth-order valence-corrected chi connectivity index (χ4v) is 4.46. The highest BCUT2D eigenvalue weighted by molar-refractivity contribution is 7.92. The number of ether oxygens (including phenoxy) is 1. The van der Waals surface area contributed by atoms with Gasteiger partial charge in [0, 0.05) is 19.6 Å². The van der Waals surface area contributed by atoms with Gasteiger partial charge in [-0.05, 0) is 29.8 Å². The Hall–Kier alpha value is -1.90. The molecule has 0 saturated heterocycles. The molecule has 0 amide bonds. The number of halogens is 3. The van der Waals surface area contributed by atoms with Gasteiger partial charge >= 0.3 is 6.61 Å². The molecule has 2 aromatic carbocycles. The Morgan fingerprint density at radius 1 is 1.20 bits per heavy atom. The van der Waals surface area contributed by atoms with E-state index in [4.69, 9.17) is 11.6 Å². The largest absolute Gasteiger partial charge is 0.433 e. The number of alkyl halides is 2. The lowest BCUT2D eigenvalue weighted by Gasteiger charge is -2.24. The third-order valence-corrected chi connectivity index (χ3v) is 5.88. The first-order valence-electron chi connectivity index (χ1n) is 7.45. The van der Waals surface area contributed by atoms with Crippen LogP contribution in [0.4, 0.5) is 14.5 Å². The van der Waals surface area contributed by atoms with E-state index in [9.17, 15) is 17.2 Å². The Labute approximate surface area is 149 Å². The quantitative estimate of drug-likeness (QED) is 0.873.